The predicted octanol–water partition coefficient (Wildman–Crippen LogP) is 0.446. The van der Waals surface area contributed by atoms with Crippen molar-refractivity contribution in [1.29, 1.82) is 0 Å². The lowest BCUT2D eigenvalue weighted by atomic mass is 10.8. The van der Waals surface area contributed by atoms with Crippen LogP contribution in [0.3, 0.4) is 0 Å². The lowest BCUT2D eigenvalue weighted by molar-refractivity contribution is -0.115. The Balaban J connectivity index is 0.000000310. The maximum atomic E-state index is 9.22. The van der Waals surface area contributed by atoms with Gasteiger partial charge in [-0.1, -0.05) is 19.6 Å². The van der Waals surface area contributed by atoms with Crippen LogP contribution in [0.4, 0.5) is 0 Å². The van der Waals surface area contributed by atoms with Gasteiger partial charge in [-0.15, -0.1) is 0 Å². The average molecular weight is 199 g/mol. The summed E-state index contributed by atoms with van der Waals surface area (Å²) < 4.78 is 0. The number of amides is 1. The fourth-order valence-electron chi connectivity index (χ4n) is 0.675. The molecule has 0 aliphatic rings. The summed E-state index contributed by atoms with van der Waals surface area (Å²) in [5, 5.41) is 0. The Labute approximate surface area is 79.6 Å². The molecule has 1 amide bonds. The van der Waals surface area contributed by atoms with Crippen LogP contribution in [0.2, 0.25) is 19.6 Å². The van der Waals surface area contributed by atoms with Crippen LogP contribution in [0.25, 0.3) is 0 Å². The molecule has 0 unspecified atom stereocenters. The minimum atomic E-state index is -1.15. The van der Waals surface area contributed by atoms with E-state index in [-0.39, 0.29) is 5.91 Å². The second kappa shape index (κ2) is 4.81. The van der Waals surface area contributed by atoms with Crippen LogP contribution in [0.5, 0.6) is 0 Å². The number of nitrogens with two attached hydrogens (primary N) is 1. The van der Waals surface area contributed by atoms with Gasteiger partial charge >= 0.3 is 0 Å². The highest BCUT2D eigenvalue weighted by molar-refractivity contribution is 6.87. The zero-order chi connectivity index (χ0) is 10.5. The Kier molecular flexibility index (Phi) is 4.40. The third-order valence-corrected chi connectivity index (χ3v) is 2.90. The zero-order valence-corrected chi connectivity index (χ0v) is 9.59. The Morgan fingerprint density at radius 1 is 1.54 bits per heavy atom. The molecule has 4 nitrogen and oxygen atoms in total. The van der Waals surface area contributed by atoms with Crippen molar-refractivity contribution in [3.8, 4) is 0 Å². The van der Waals surface area contributed by atoms with E-state index in [1.54, 1.807) is 0 Å². The molecule has 3 N–H and O–H groups in total. The number of rotatable bonds is 1. The van der Waals surface area contributed by atoms with Gasteiger partial charge in [0.15, 0.2) is 0 Å². The monoisotopic (exact) mass is 199 g/mol. The standard InChI is InChI=1S/C6H12N2Si.C2H5NO/c1-9(2,3)6-7-4-5-8-6;1-2(3)4/h4-5H,1-3H3,(H,7,8);1H3,(H2,3,4). The molecule has 0 radical (unpaired) electrons. The topological polar surface area (TPSA) is 71.8 Å². The predicted molar refractivity (Wildman–Crippen MR) is 56.4 cm³/mol. The smallest absolute Gasteiger partial charge is 0.214 e. The van der Waals surface area contributed by atoms with Crippen molar-refractivity contribution in [2.45, 2.75) is 26.6 Å². The number of imidazole rings is 1. The van der Waals surface area contributed by atoms with Crippen LogP contribution >= 0.6 is 0 Å². The van der Waals surface area contributed by atoms with Gasteiger partial charge < -0.3 is 10.7 Å². The first-order valence-corrected chi connectivity index (χ1v) is 7.60. The molecule has 0 aliphatic heterocycles. The maximum Gasteiger partial charge on any atom is 0.214 e. The van der Waals surface area contributed by atoms with Gasteiger partial charge in [0.1, 0.15) is 8.07 Å². The molecule has 0 fully saturated rings. The van der Waals surface area contributed by atoms with E-state index in [2.05, 4.69) is 35.3 Å². The number of H-pyrrole nitrogens is 1. The molecule has 0 aromatic carbocycles. The van der Waals surface area contributed by atoms with E-state index in [9.17, 15) is 4.79 Å². The molecule has 13 heavy (non-hydrogen) atoms. The Morgan fingerprint density at radius 3 is 2.15 bits per heavy atom. The van der Waals surface area contributed by atoms with Crippen molar-refractivity contribution < 1.29 is 4.79 Å². The van der Waals surface area contributed by atoms with Crippen LogP contribution in [0.1, 0.15) is 6.92 Å². The van der Waals surface area contributed by atoms with E-state index >= 15 is 0 Å². The highest BCUT2D eigenvalue weighted by atomic mass is 28.3. The third-order valence-electron chi connectivity index (χ3n) is 1.21. The van der Waals surface area contributed by atoms with Gasteiger partial charge in [-0.2, -0.15) is 0 Å². The number of carbonyl (C=O) groups excluding carboxylic acids is 1. The van der Waals surface area contributed by atoms with Crippen molar-refractivity contribution in [1.82, 2.24) is 9.97 Å². The molecule has 0 atom stereocenters. The minimum absolute atomic E-state index is 0.333. The Bertz CT molecular complexity index is 247. The molecule has 74 valence electrons. The zero-order valence-electron chi connectivity index (χ0n) is 8.59. The van der Waals surface area contributed by atoms with Crippen molar-refractivity contribution in [3.05, 3.63) is 12.4 Å². The fourth-order valence-corrected chi connectivity index (χ4v) is 1.65. The number of carbonyl (C=O) groups is 1. The van der Waals surface area contributed by atoms with E-state index in [1.165, 1.54) is 12.4 Å². The molecule has 0 saturated carbocycles. The number of hydrogen-bond acceptors (Lipinski definition) is 2. The average Bonchev–Trinajstić information content (AvgIpc) is 2.31. The molecular formula is C8H17N3OSi. The number of aromatic amines is 1. The molecule has 0 aliphatic carbocycles. The van der Waals surface area contributed by atoms with E-state index in [0.717, 1.165) is 0 Å². The second-order valence-corrected chi connectivity index (χ2v) is 8.77. The van der Waals surface area contributed by atoms with Gasteiger partial charge in [-0.05, 0) is 0 Å². The number of hydrogen-bond donors (Lipinski definition) is 2. The molecule has 0 saturated heterocycles. The van der Waals surface area contributed by atoms with E-state index < -0.39 is 8.07 Å². The summed E-state index contributed by atoms with van der Waals surface area (Å²) >= 11 is 0. The summed E-state index contributed by atoms with van der Waals surface area (Å²) in [5.41, 5.74) is 5.66. The first-order chi connectivity index (χ1) is 5.84. The molecular weight excluding hydrogens is 182 g/mol. The Morgan fingerprint density at radius 2 is 2.00 bits per heavy atom. The van der Waals surface area contributed by atoms with Crippen LogP contribution in [0.15, 0.2) is 12.4 Å². The molecule has 1 heterocycles. The van der Waals surface area contributed by atoms with Crippen LogP contribution in [-0.4, -0.2) is 23.9 Å². The fraction of sp³-hybridized carbons (Fsp3) is 0.500. The second-order valence-electron chi connectivity index (χ2n) is 3.80. The molecule has 0 spiro atoms. The van der Waals surface area contributed by atoms with Crippen molar-refractivity contribution in [3.63, 3.8) is 0 Å². The van der Waals surface area contributed by atoms with Crippen LogP contribution in [0, 0.1) is 0 Å². The normalized spacial score (nSPS) is 10.2. The largest absolute Gasteiger partial charge is 0.370 e. The van der Waals surface area contributed by atoms with E-state index in [1.807, 2.05) is 12.4 Å². The summed E-state index contributed by atoms with van der Waals surface area (Å²) in [4.78, 5) is 16.5. The van der Waals surface area contributed by atoms with Gasteiger partial charge in [0.05, 0.1) is 5.45 Å². The number of primary amides is 1. The summed E-state index contributed by atoms with van der Waals surface area (Å²) in [5.74, 6) is -0.333. The van der Waals surface area contributed by atoms with Gasteiger partial charge in [0.25, 0.3) is 0 Å². The molecule has 1 aromatic rings. The van der Waals surface area contributed by atoms with Crippen molar-refractivity contribution >= 4 is 19.4 Å². The highest BCUT2D eigenvalue weighted by Crippen LogP contribution is 1.96. The van der Waals surface area contributed by atoms with E-state index in [0.29, 0.717) is 0 Å². The van der Waals surface area contributed by atoms with Gasteiger partial charge in [0, 0.05) is 19.3 Å². The van der Waals surface area contributed by atoms with Gasteiger partial charge in [-0.25, -0.2) is 4.98 Å². The first-order valence-electron chi connectivity index (χ1n) is 4.10. The number of nitrogens with one attached hydrogen (secondary N) is 1. The molecule has 1 aromatic heterocycles. The SMILES string of the molecule is CC(N)=O.C[Si](C)(C)c1ncc[nH]1. The number of aromatic nitrogens is 2. The summed E-state index contributed by atoms with van der Waals surface area (Å²) in [6.45, 7) is 8.11. The van der Waals surface area contributed by atoms with Crippen molar-refractivity contribution in [2.75, 3.05) is 0 Å². The Hall–Kier alpha value is -1.10. The quantitative estimate of drug-likeness (QED) is 0.644. The van der Waals surface area contributed by atoms with E-state index in [4.69, 9.17) is 0 Å². The summed E-state index contributed by atoms with van der Waals surface area (Å²) in [6, 6.07) is 0. The molecule has 5 heteroatoms. The maximum absolute atomic E-state index is 9.22. The number of nitrogens with zero attached hydrogens (tertiary/aromatic N) is 1. The van der Waals surface area contributed by atoms with Crippen LogP contribution < -0.4 is 11.2 Å². The lowest BCUT2D eigenvalue weighted by Crippen LogP contribution is -2.40. The summed E-state index contributed by atoms with van der Waals surface area (Å²) in [6.07, 6.45) is 3.70. The first kappa shape index (κ1) is 11.9. The van der Waals surface area contributed by atoms with Crippen molar-refractivity contribution in [2.24, 2.45) is 5.73 Å². The summed E-state index contributed by atoms with van der Waals surface area (Å²) in [7, 11) is -1.15. The van der Waals surface area contributed by atoms with Crippen LogP contribution in [-0.2, 0) is 4.79 Å². The molecule has 1 rings (SSSR count). The molecule has 0 bridgehead atoms. The lowest BCUT2D eigenvalue weighted by Gasteiger charge is -2.10. The highest BCUT2D eigenvalue weighted by Gasteiger charge is 2.18. The third kappa shape index (κ3) is 6.09. The van der Waals surface area contributed by atoms with Gasteiger partial charge in [-0.3, -0.25) is 4.79 Å². The minimum Gasteiger partial charge on any atom is -0.370 e. The van der Waals surface area contributed by atoms with Gasteiger partial charge in [0.2, 0.25) is 5.91 Å².